The van der Waals surface area contributed by atoms with Gasteiger partial charge in [0.1, 0.15) is 0 Å². The van der Waals surface area contributed by atoms with Crippen LogP contribution in [0.15, 0.2) is 18.2 Å². The van der Waals surface area contributed by atoms with Gasteiger partial charge < -0.3 is 20.1 Å². The normalized spacial score (nSPS) is 20.5. The second-order valence-corrected chi connectivity index (χ2v) is 6.53. The molecule has 1 aromatic rings. The van der Waals surface area contributed by atoms with Gasteiger partial charge in [-0.1, -0.05) is 13.0 Å². The van der Waals surface area contributed by atoms with E-state index in [0.717, 1.165) is 25.1 Å². The monoisotopic (exact) mass is 374 g/mol. The van der Waals surface area contributed by atoms with Gasteiger partial charge in [-0.3, -0.25) is 4.79 Å². The second kappa shape index (κ2) is 9.12. The third kappa shape index (κ3) is 6.40. The van der Waals surface area contributed by atoms with Crippen LogP contribution in [-0.2, 0) is 11.2 Å². The number of benzene rings is 1. The van der Waals surface area contributed by atoms with Crippen molar-refractivity contribution in [3.8, 4) is 11.5 Å². The minimum atomic E-state index is -4.41. The number of methoxy groups -OCH3 is 1. The number of piperidine rings is 1. The Bertz CT molecular complexity index is 608. The van der Waals surface area contributed by atoms with E-state index in [0.29, 0.717) is 18.8 Å². The number of halogens is 3. The topological polar surface area (TPSA) is 59.6 Å². The Hall–Kier alpha value is -1.96. The maximum atomic E-state index is 12.3. The Morgan fingerprint density at radius 1 is 1.35 bits per heavy atom. The summed E-state index contributed by atoms with van der Waals surface area (Å²) < 4.78 is 46.7. The molecule has 0 bridgehead atoms. The van der Waals surface area contributed by atoms with Crippen LogP contribution in [-0.4, -0.2) is 44.9 Å². The lowest BCUT2D eigenvalue weighted by atomic mass is 9.95. The molecular weight excluding hydrogens is 349 g/mol. The number of hydrogen-bond acceptors (Lipinski definition) is 4. The molecule has 1 aliphatic heterocycles. The zero-order valence-electron chi connectivity index (χ0n) is 15.0. The summed E-state index contributed by atoms with van der Waals surface area (Å²) in [5, 5.41) is 6.34. The summed E-state index contributed by atoms with van der Waals surface area (Å²) in [6.45, 7) is 2.51. The molecule has 146 valence electrons. The van der Waals surface area contributed by atoms with Crippen LogP contribution in [0.5, 0.6) is 11.5 Å². The first-order valence-corrected chi connectivity index (χ1v) is 8.65. The summed E-state index contributed by atoms with van der Waals surface area (Å²) in [5.41, 5.74) is 0.801. The predicted octanol–water partition coefficient (Wildman–Crippen LogP) is 2.68. The summed E-state index contributed by atoms with van der Waals surface area (Å²) in [6.07, 6.45) is -2.72. The first-order valence-electron chi connectivity index (χ1n) is 8.65. The molecule has 5 nitrogen and oxygen atoms in total. The van der Waals surface area contributed by atoms with Crippen molar-refractivity contribution in [2.45, 2.75) is 38.4 Å². The van der Waals surface area contributed by atoms with E-state index in [1.165, 1.54) is 13.2 Å². The smallest absolute Gasteiger partial charge is 0.422 e. The van der Waals surface area contributed by atoms with E-state index in [1.54, 1.807) is 12.1 Å². The van der Waals surface area contributed by atoms with Gasteiger partial charge in [0.2, 0.25) is 5.91 Å². The van der Waals surface area contributed by atoms with Gasteiger partial charge in [-0.05, 0) is 49.5 Å². The van der Waals surface area contributed by atoms with Crippen LogP contribution in [0.3, 0.4) is 0 Å². The molecule has 0 spiro atoms. The maximum Gasteiger partial charge on any atom is 0.422 e. The molecule has 1 fully saturated rings. The Morgan fingerprint density at radius 3 is 2.77 bits per heavy atom. The number of alkyl halides is 3. The standard InChI is InChI=1S/C18H25F3N2O3/c1-12-10-22-8-7-14(12)23-17(24)6-4-13-3-5-15(16(9-13)25-2)26-11-18(19,20)21/h3,5,9,12,14,22H,4,6-8,10-11H2,1-2H3,(H,23,24). The zero-order chi connectivity index (χ0) is 19.2. The van der Waals surface area contributed by atoms with Crippen LogP contribution in [0.2, 0.25) is 0 Å². The SMILES string of the molecule is COc1cc(CCC(=O)NC2CCNCC2C)ccc1OCC(F)(F)F. The van der Waals surface area contributed by atoms with Gasteiger partial charge in [0.25, 0.3) is 0 Å². The molecule has 1 saturated heterocycles. The zero-order valence-corrected chi connectivity index (χ0v) is 15.0. The number of ether oxygens (including phenoxy) is 2. The number of carbonyl (C=O) groups excluding carboxylic acids is 1. The van der Waals surface area contributed by atoms with E-state index in [9.17, 15) is 18.0 Å². The number of carbonyl (C=O) groups is 1. The van der Waals surface area contributed by atoms with Crippen molar-refractivity contribution in [2.75, 3.05) is 26.8 Å². The number of nitrogens with one attached hydrogen (secondary N) is 2. The lowest BCUT2D eigenvalue weighted by Gasteiger charge is -2.30. The fourth-order valence-corrected chi connectivity index (χ4v) is 2.91. The van der Waals surface area contributed by atoms with Crippen molar-refractivity contribution in [1.82, 2.24) is 10.6 Å². The Labute approximate surface area is 151 Å². The van der Waals surface area contributed by atoms with E-state index >= 15 is 0 Å². The molecule has 1 amide bonds. The molecule has 0 radical (unpaired) electrons. The van der Waals surface area contributed by atoms with Crippen LogP contribution in [0.4, 0.5) is 13.2 Å². The van der Waals surface area contributed by atoms with Gasteiger partial charge in [0.15, 0.2) is 18.1 Å². The van der Waals surface area contributed by atoms with Crippen molar-refractivity contribution in [1.29, 1.82) is 0 Å². The Kier molecular flexibility index (Phi) is 7.14. The Morgan fingerprint density at radius 2 is 2.12 bits per heavy atom. The van der Waals surface area contributed by atoms with Crippen molar-refractivity contribution >= 4 is 5.91 Å². The van der Waals surface area contributed by atoms with E-state index < -0.39 is 12.8 Å². The van der Waals surface area contributed by atoms with Crippen molar-refractivity contribution in [3.63, 3.8) is 0 Å². The molecule has 26 heavy (non-hydrogen) atoms. The highest BCUT2D eigenvalue weighted by molar-refractivity contribution is 5.76. The van der Waals surface area contributed by atoms with Gasteiger partial charge in [-0.25, -0.2) is 0 Å². The lowest BCUT2D eigenvalue weighted by Crippen LogP contribution is -2.48. The molecule has 2 rings (SSSR count). The second-order valence-electron chi connectivity index (χ2n) is 6.53. The highest BCUT2D eigenvalue weighted by Gasteiger charge is 2.29. The third-order valence-corrected chi connectivity index (χ3v) is 4.39. The highest BCUT2D eigenvalue weighted by Crippen LogP contribution is 2.30. The van der Waals surface area contributed by atoms with Crippen LogP contribution in [0, 0.1) is 5.92 Å². The quantitative estimate of drug-likeness (QED) is 0.771. The molecule has 2 unspecified atom stereocenters. The van der Waals surface area contributed by atoms with Gasteiger partial charge in [-0.15, -0.1) is 0 Å². The maximum absolute atomic E-state index is 12.3. The summed E-state index contributed by atoms with van der Waals surface area (Å²) >= 11 is 0. The lowest BCUT2D eigenvalue weighted by molar-refractivity contribution is -0.153. The highest BCUT2D eigenvalue weighted by atomic mass is 19.4. The molecule has 2 atom stereocenters. The largest absolute Gasteiger partial charge is 0.493 e. The molecule has 2 N–H and O–H groups in total. The number of amides is 1. The van der Waals surface area contributed by atoms with E-state index in [4.69, 9.17) is 9.47 Å². The van der Waals surface area contributed by atoms with Gasteiger partial charge in [0.05, 0.1) is 7.11 Å². The van der Waals surface area contributed by atoms with Crippen molar-refractivity contribution in [2.24, 2.45) is 5.92 Å². The molecular formula is C18H25F3N2O3. The summed E-state index contributed by atoms with van der Waals surface area (Å²) in [4.78, 5) is 12.2. The minimum Gasteiger partial charge on any atom is -0.493 e. The summed E-state index contributed by atoms with van der Waals surface area (Å²) in [5.74, 6) is 0.610. The van der Waals surface area contributed by atoms with E-state index in [2.05, 4.69) is 17.6 Å². The van der Waals surface area contributed by atoms with Gasteiger partial charge in [0, 0.05) is 12.5 Å². The summed E-state index contributed by atoms with van der Waals surface area (Å²) in [7, 11) is 1.37. The molecule has 1 aliphatic rings. The molecule has 0 aromatic heterocycles. The first kappa shape index (κ1) is 20.4. The minimum absolute atomic E-state index is 0.0277. The molecule has 0 saturated carbocycles. The van der Waals surface area contributed by atoms with Gasteiger partial charge in [-0.2, -0.15) is 13.2 Å². The van der Waals surface area contributed by atoms with Crippen molar-refractivity contribution in [3.05, 3.63) is 23.8 Å². The van der Waals surface area contributed by atoms with E-state index in [1.807, 2.05) is 0 Å². The van der Waals surface area contributed by atoms with Crippen molar-refractivity contribution < 1.29 is 27.4 Å². The fraction of sp³-hybridized carbons (Fsp3) is 0.611. The van der Waals surface area contributed by atoms with Crippen LogP contribution in [0.1, 0.15) is 25.3 Å². The van der Waals surface area contributed by atoms with Crippen LogP contribution < -0.4 is 20.1 Å². The predicted molar refractivity (Wildman–Crippen MR) is 91.4 cm³/mol. The summed E-state index contributed by atoms with van der Waals surface area (Å²) in [6, 6.07) is 4.87. The third-order valence-electron chi connectivity index (χ3n) is 4.39. The van der Waals surface area contributed by atoms with E-state index in [-0.39, 0.29) is 23.4 Å². The fourth-order valence-electron chi connectivity index (χ4n) is 2.91. The number of hydrogen-bond donors (Lipinski definition) is 2. The average Bonchev–Trinajstić information content (AvgIpc) is 2.59. The first-order chi connectivity index (χ1) is 12.3. The van der Waals surface area contributed by atoms with Crippen LogP contribution >= 0.6 is 0 Å². The molecule has 1 heterocycles. The molecule has 0 aliphatic carbocycles. The number of rotatable bonds is 7. The number of aryl methyl sites for hydroxylation is 1. The van der Waals surface area contributed by atoms with Gasteiger partial charge >= 0.3 is 6.18 Å². The molecule has 1 aromatic carbocycles. The average molecular weight is 374 g/mol. The van der Waals surface area contributed by atoms with Crippen LogP contribution in [0.25, 0.3) is 0 Å². The molecule has 8 heteroatoms. The Balaban J connectivity index is 1.87.